The third-order valence-corrected chi connectivity index (χ3v) is 3.99. The maximum absolute atomic E-state index is 5.31. The van der Waals surface area contributed by atoms with E-state index in [1.54, 1.807) is 7.11 Å². The molecule has 0 atom stereocenters. The van der Waals surface area contributed by atoms with E-state index in [0.717, 1.165) is 38.5 Å². The SMILES string of the molecule is COc1cccc(N2CCN(CCCNC(C)C)CC2)c1. The molecule has 0 saturated carbocycles. The van der Waals surface area contributed by atoms with Gasteiger partial charge in [0.25, 0.3) is 0 Å². The van der Waals surface area contributed by atoms with Crippen LogP contribution in [0.4, 0.5) is 5.69 Å². The van der Waals surface area contributed by atoms with E-state index in [0.29, 0.717) is 6.04 Å². The first-order valence-electron chi connectivity index (χ1n) is 8.04. The minimum Gasteiger partial charge on any atom is -0.497 e. The average Bonchev–Trinajstić information content (AvgIpc) is 2.52. The van der Waals surface area contributed by atoms with E-state index in [1.807, 2.05) is 6.07 Å². The number of hydrogen-bond donors (Lipinski definition) is 1. The summed E-state index contributed by atoms with van der Waals surface area (Å²) >= 11 is 0. The third-order valence-electron chi connectivity index (χ3n) is 3.99. The lowest BCUT2D eigenvalue weighted by atomic mass is 10.2. The van der Waals surface area contributed by atoms with Crippen molar-refractivity contribution in [1.82, 2.24) is 10.2 Å². The molecule has 0 spiro atoms. The van der Waals surface area contributed by atoms with E-state index in [1.165, 1.54) is 18.7 Å². The minimum absolute atomic E-state index is 0.593. The smallest absolute Gasteiger partial charge is 0.120 e. The molecule has 0 bridgehead atoms. The van der Waals surface area contributed by atoms with Crippen LogP contribution in [0.5, 0.6) is 5.75 Å². The van der Waals surface area contributed by atoms with Crippen LogP contribution in [-0.2, 0) is 0 Å². The molecule has 118 valence electrons. The lowest BCUT2D eigenvalue weighted by molar-refractivity contribution is 0.253. The summed E-state index contributed by atoms with van der Waals surface area (Å²) in [5, 5.41) is 3.48. The van der Waals surface area contributed by atoms with E-state index < -0.39 is 0 Å². The summed E-state index contributed by atoms with van der Waals surface area (Å²) in [6.45, 7) is 11.2. The number of rotatable bonds is 7. The summed E-state index contributed by atoms with van der Waals surface area (Å²) in [5.41, 5.74) is 1.27. The number of piperazine rings is 1. The minimum atomic E-state index is 0.593. The summed E-state index contributed by atoms with van der Waals surface area (Å²) in [7, 11) is 1.72. The van der Waals surface area contributed by atoms with E-state index >= 15 is 0 Å². The van der Waals surface area contributed by atoms with Crippen molar-refractivity contribution in [2.45, 2.75) is 26.3 Å². The molecule has 1 aromatic rings. The lowest BCUT2D eigenvalue weighted by Gasteiger charge is -2.36. The number of benzene rings is 1. The van der Waals surface area contributed by atoms with Crippen LogP contribution in [0.3, 0.4) is 0 Å². The fraction of sp³-hybridized carbons (Fsp3) is 0.647. The molecule has 0 radical (unpaired) electrons. The lowest BCUT2D eigenvalue weighted by Crippen LogP contribution is -2.47. The zero-order chi connectivity index (χ0) is 15.1. The maximum atomic E-state index is 5.31. The molecule has 1 heterocycles. The van der Waals surface area contributed by atoms with Gasteiger partial charge in [0.2, 0.25) is 0 Å². The van der Waals surface area contributed by atoms with Gasteiger partial charge < -0.3 is 15.0 Å². The van der Waals surface area contributed by atoms with Gasteiger partial charge in [-0.3, -0.25) is 4.90 Å². The number of ether oxygens (including phenoxy) is 1. The first-order valence-corrected chi connectivity index (χ1v) is 8.04. The van der Waals surface area contributed by atoms with Crippen LogP contribution in [0.1, 0.15) is 20.3 Å². The van der Waals surface area contributed by atoms with Gasteiger partial charge in [-0.2, -0.15) is 0 Å². The highest BCUT2D eigenvalue weighted by Crippen LogP contribution is 2.22. The molecule has 1 N–H and O–H groups in total. The van der Waals surface area contributed by atoms with Gasteiger partial charge >= 0.3 is 0 Å². The molecule has 0 aliphatic carbocycles. The van der Waals surface area contributed by atoms with Crippen LogP contribution in [0.15, 0.2) is 24.3 Å². The molecule has 0 unspecified atom stereocenters. The standard InChI is InChI=1S/C17H29N3O/c1-15(2)18-8-5-9-19-10-12-20(13-11-19)16-6-4-7-17(14-16)21-3/h4,6-7,14-15,18H,5,8-13H2,1-3H3. The predicted molar refractivity (Wildman–Crippen MR) is 89.4 cm³/mol. The van der Waals surface area contributed by atoms with Gasteiger partial charge in [0.1, 0.15) is 5.75 Å². The van der Waals surface area contributed by atoms with E-state index in [9.17, 15) is 0 Å². The highest BCUT2D eigenvalue weighted by molar-refractivity contribution is 5.51. The van der Waals surface area contributed by atoms with E-state index in [2.05, 4.69) is 47.2 Å². The van der Waals surface area contributed by atoms with Gasteiger partial charge in [-0.1, -0.05) is 19.9 Å². The van der Waals surface area contributed by atoms with Crippen molar-refractivity contribution in [3.05, 3.63) is 24.3 Å². The molecule has 1 fully saturated rings. The van der Waals surface area contributed by atoms with Crippen LogP contribution in [0, 0.1) is 0 Å². The van der Waals surface area contributed by atoms with Crippen LogP contribution < -0.4 is 15.0 Å². The van der Waals surface area contributed by atoms with E-state index in [-0.39, 0.29) is 0 Å². The second-order valence-corrected chi connectivity index (χ2v) is 5.99. The molecular formula is C17H29N3O. The fourth-order valence-electron chi connectivity index (χ4n) is 2.73. The Morgan fingerprint density at radius 2 is 1.95 bits per heavy atom. The second-order valence-electron chi connectivity index (χ2n) is 5.99. The molecule has 4 heteroatoms. The summed E-state index contributed by atoms with van der Waals surface area (Å²) in [6, 6.07) is 8.96. The number of anilines is 1. The molecule has 1 aromatic carbocycles. The quantitative estimate of drug-likeness (QED) is 0.780. The average molecular weight is 291 g/mol. The molecule has 0 aromatic heterocycles. The molecule has 0 amide bonds. The van der Waals surface area contributed by atoms with Gasteiger partial charge in [0.05, 0.1) is 7.11 Å². The van der Waals surface area contributed by atoms with Crippen LogP contribution >= 0.6 is 0 Å². The molecule has 2 rings (SSSR count). The molecule has 4 nitrogen and oxygen atoms in total. The number of hydrogen-bond acceptors (Lipinski definition) is 4. The topological polar surface area (TPSA) is 27.7 Å². The van der Waals surface area contributed by atoms with Crippen LogP contribution in [0.2, 0.25) is 0 Å². The Hall–Kier alpha value is -1.26. The van der Waals surface area contributed by atoms with Gasteiger partial charge in [0, 0.05) is 44.0 Å². The second kappa shape index (κ2) is 8.25. The number of methoxy groups -OCH3 is 1. The maximum Gasteiger partial charge on any atom is 0.120 e. The first-order chi connectivity index (χ1) is 10.2. The fourth-order valence-corrected chi connectivity index (χ4v) is 2.73. The predicted octanol–water partition coefficient (Wildman–Crippen LogP) is 2.21. The van der Waals surface area contributed by atoms with Crippen LogP contribution in [0.25, 0.3) is 0 Å². The molecular weight excluding hydrogens is 262 g/mol. The Morgan fingerprint density at radius 3 is 2.62 bits per heavy atom. The zero-order valence-electron chi connectivity index (χ0n) is 13.6. The van der Waals surface area contributed by atoms with Crippen molar-refractivity contribution in [2.75, 3.05) is 51.3 Å². The molecule has 21 heavy (non-hydrogen) atoms. The largest absolute Gasteiger partial charge is 0.497 e. The highest BCUT2D eigenvalue weighted by atomic mass is 16.5. The monoisotopic (exact) mass is 291 g/mol. The normalized spacial score (nSPS) is 16.5. The Kier molecular flexibility index (Phi) is 6.33. The van der Waals surface area contributed by atoms with Crippen molar-refractivity contribution in [3.63, 3.8) is 0 Å². The summed E-state index contributed by atoms with van der Waals surface area (Å²) < 4.78 is 5.31. The third kappa shape index (κ3) is 5.21. The number of nitrogens with zero attached hydrogens (tertiary/aromatic N) is 2. The summed E-state index contributed by atoms with van der Waals surface area (Å²) in [6.07, 6.45) is 1.23. The molecule has 1 saturated heterocycles. The molecule has 1 aliphatic rings. The summed E-state index contributed by atoms with van der Waals surface area (Å²) in [5.74, 6) is 0.940. The molecule has 1 aliphatic heterocycles. The summed E-state index contributed by atoms with van der Waals surface area (Å²) in [4.78, 5) is 5.02. The van der Waals surface area contributed by atoms with Gasteiger partial charge in [-0.25, -0.2) is 0 Å². The highest BCUT2D eigenvalue weighted by Gasteiger charge is 2.16. The van der Waals surface area contributed by atoms with Gasteiger partial charge in [-0.15, -0.1) is 0 Å². The van der Waals surface area contributed by atoms with Crippen molar-refractivity contribution in [1.29, 1.82) is 0 Å². The Bertz CT molecular complexity index is 414. The van der Waals surface area contributed by atoms with Crippen LogP contribution in [-0.4, -0.2) is 57.3 Å². The van der Waals surface area contributed by atoms with Crippen molar-refractivity contribution < 1.29 is 4.74 Å². The number of nitrogens with one attached hydrogen (secondary N) is 1. The van der Waals surface area contributed by atoms with Gasteiger partial charge in [0.15, 0.2) is 0 Å². The van der Waals surface area contributed by atoms with Crippen molar-refractivity contribution >= 4 is 5.69 Å². The Balaban J connectivity index is 1.72. The van der Waals surface area contributed by atoms with E-state index in [4.69, 9.17) is 4.74 Å². The first kappa shape index (κ1) is 16.1. The Labute approximate surface area is 129 Å². The van der Waals surface area contributed by atoms with Gasteiger partial charge in [-0.05, 0) is 31.6 Å². The Morgan fingerprint density at radius 1 is 1.19 bits per heavy atom. The van der Waals surface area contributed by atoms with Crippen molar-refractivity contribution in [2.24, 2.45) is 0 Å². The zero-order valence-corrected chi connectivity index (χ0v) is 13.6. The van der Waals surface area contributed by atoms with Crippen molar-refractivity contribution in [3.8, 4) is 5.75 Å².